The van der Waals surface area contributed by atoms with Gasteiger partial charge in [-0.2, -0.15) is 0 Å². The molecule has 0 saturated carbocycles. The maximum absolute atomic E-state index is 13.0. The molecule has 0 spiro atoms. The van der Waals surface area contributed by atoms with Gasteiger partial charge in [-0.05, 0) is 49.4 Å². The molecule has 0 bridgehead atoms. The van der Waals surface area contributed by atoms with Crippen LogP contribution in [0, 0.1) is 23.7 Å². The van der Waals surface area contributed by atoms with Crippen LogP contribution < -0.4 is 0 Å². The quantitative estimate of drug-likeness (QED) is 0.0222. The van der Waals surface area contributed by atoms with Crippen molar-refractivity contribution in [3.05, 3.63) is 0 Å². The summed E-state index contributed by atoms with van der Waals surface area (Å²) < 4.78 is 68.0. The summed E-state index contributed by atoms with van der Waals surface area (Å²) in [6.45, 7) is 13.9. The fraction of sp³-hybridized carbons (Fsp3) is 0.938. The second-order valence-corrected chi connectivity index (χ2v) is 27.7. The minimum atomic E-state index is -4.95. The highest BCUT2D eigenvalue weighted by Crippen LogP contribution is 2.45. The Morgan fingerprint density at radius 1 is 0.337 bits per heavy atom. The van der Waals surface area contributed by atoms with Crippen LogP contribution in [0.25, 0.3) is 0 Å². The van der Waals surface area contributed by atoms with Crippen LogP contribution in [-0.2, 0) is 65.4 Å². The number of carbonyl (C=O) groups is 4. The Morgan fingerprint density at radius 2 is 0.578 bits per heavy atom. The summed E-state index contributed by atoms with van der Waals surface area (Å²) in [4.78, 5) is 72.2. The third kappa shape index (κ3) is 57.6. The summed E-state index contributed by atoms with van der Waals surface area (Å²) >= 11 is 0. The number of aliphatic hydroxyl groups is 1. The third-order valence-corrected chi connectivity index (χ3v) is 16.8. The molecule has 3 N–H and O–H groups in total. The van der Waals surface area contributed by atoms with E-state index in [0.717, 1.165) is 115 Å². The zero-order valence-electron chi connectivity index (χ0n) is 53.8. The van der Waals surface area contributed by atoms with Crippen molar-refractivity contribution in [1.82, 2.24) is 0 Å². The van der Waals surface area contributed by atoms with Crippen molar-refractivity contribution in [2.75, 3.05) is 39.6 Å². The topological polar surface area (TPSA) is 237 Å². The first-order chi connectivity index (χ1) is 39.6. The number of rotatable bonds is 61. The van der Waals surface area contributed by atoms with Crippen molar-refractivity contribution >= 4 is 39.5 Å². The second-order valence-electron chi connectivity index (χ2n) is 24.8. The normalized spacial score (nSPS) is 14.8. The van der Waals surface area contributed by atoms with Gasteiger partial charge in [0, 0.05) is 25.7 Å². The summed E-state index contributed by atoms with van der Waals surface area (Å²) in [5.74, 6) is 0.727. The van der Waals surface area contributed by atoms with Gasteiger partial charge >= 0.3 is 39.5 Å². The lowest BCUT2D eigenvalue weighted by Gasteiger charge is -2.21. The molecule has 19 heteroatoms. The molecule has 83 heavy (non-hydrogen) atoms. The highest BCUT2D eigenvalue weighted by Gasteiger charge is 2.30. The summed E-state index contributed by atoms with van der Waals surface area (Å²) in [7, 11) is -9.89. The first-order valence-corrected chi connectivity index (χ1v) is 36.2. The highest BCUT2D eigenvalue weighted by molar-refractivity contribution is 7.47. The van der Waals surface area contributed by atoms with E-state index >= 15 is 0 Å². The van der Waals surface area contributed by atoms with Gasteiger partial charge in [0.15, 0.2) is 12.2 Å². The monoisotopic (exact) mass is 1230 g/mol. The van der Waals surface area contributed by atoms with Crippen LogP contribution in [0.3, 0.4) is 0 Å². The standard InChI is InChI=1S/C64H124O17P2/c1-9-57(8)43-35-27-21-23-31-39-47-64(69)81-60(50-74-61(66)44-36-28-19-15-17-25-33-41-55(4)5)53-79-83(72,73)77-49-58(65)48-76-82(70,71)78-52-59(51-75-62(67)45-37-29-22-20-26-34-42-56(6)7)80-63(68)46-38-30-18-14-12-10-11-13-16-24-32-40-54(2)3/h54-60,65H,9-53H2,1-8H3,(H,70,71)(H,72,73)/t57?,58-,59+,60+/m0/s1. The van der Waals surface area contributed by atoms with E-state index in [1.807, 2.05) is 0 Å². The van der Waals surface area contributed by atoms with Gasteiger partial charge in [0.1, 0.15) is 19.3 Å². The molecule has 0 saturated heterocycles. The van der Waals surface area contributed by atoms with Crippen molar-refractivity contribution in [1.29, 1.82) is 0 Å². The number of unbranched alkanes of at least 4 members (excludes halogenated alkanes) is 26. The van der Waals surface area contributed by atoms with Crippen LogP contribution in [0.15, 0.2) is 0 Å². The van der Waals surface area contributed by atoms with Crippen LogP contribution in [0.4, 0.5) is 0 Å². The molecule has 0 aliphatic rings. The Kier molecular flexibility index (Phi) is 53.0. The molecule has 17 nitrogen and oxygen atoms in total. The van der Waals surface area contributed by atoms with E-state index in [9.17, 15) is 43.2 Å². The van der Waals surface area contributed by atoms with E-state index in [4.69, 9.17) is 37.0 Å². The number of carbonyl (C=O) groups excluding carboxylic acids is 4. The number of hydrogen-bond donors (Lipinski definition) is 3. The van der Waals surface area contributed by atoms with Crippen LogP contribution in [-0.4, -0.2) is 96.7 Å². The summed E-state index contributed by atoms with van der Waals surface area (Å²) in [5.41, 5.74) is 0. The summed E-state index contributed by atoms with van der Waals surface area (Å²) in [5, 5.41) is 10.5. The summed E-state index contributed by atoms with van der Waals surface area (Å²) in [6.07, 6.45) is 33.7. The fourth-order valence-corrected chi connectivity index (χ4v) is 11.0. The van der Waals surface area contributed by atoms with Crippen LogP contribution >= 0.6 is 15.6 Å². The highest BCUT2D eigenvalue weighted by atomic mass is 31.2. The molecule has 0 aliphatic carbocycles. The SMILES string of the molecule is CCC(C)CCCCCCCCC(=O)O[C@H](COC(=O)CCCCCCCCCC(C)C)COP(=O)(O)OC[C@@H](O)COP(=O)(O)OC[C@@H](COC(=O)CCCCCCCCC(C)C)OC(=O)CCCCCCCCCCCCCC(C)C. The smallest absolute Gasteiger partial charge is 0.462 e. The Labute approximate surface area is 505 Å². The Bertz CT molecular complexity index is 1660. The zero-order valence-corrected chi connectivity index (χ0v) is 55.6. The maximum atomic E-state index is 13.0. The van der Waals surface area contributed by atoms with Gasteiger partial charge in [0.2, 0.25) is 0 Å². The Balaban J connectivity index is 5.24. The number of phosphoric acid groups is 2. The van der Waals surface area contributed by atoms with Gasteiger partial charge in [0.05, 0.1) is 26.4 Å². The van der Waals surface area contributed by atoms with Crippen LogP contribution in [0.2, 0.25) is 0 Å². The average Bonchev–Trinajstić information content (AvgIpc) is 3.44. The Hall–Kier alpha value is -1.94. The van der Waals surface area contributed by atoms with E-state index < -0.39 is 97.5 Å². The average molecular weight is 1230 g/mol. The van der Waals surface area contributed by atoms with E-state index in [1.54, 1.807) is 0 Å². The molecular formula is C64H124O17P2. The largest absolute Gasteiger partial charge is 0.472 e. The van der Waals surface area contributed by atoms with Gasteiger partial charge in [-0.3, -0.25) is 37.3 Å². The van der Waals surface area contributed by atoms with E-state index in [0.29, 0.717) is 37.5 Å². The first kappa shape index (κ1) is 81.1. The number of ether oxygens (including phenoxy) is 4. The molecule has 0 aromatic carbocycles. The van der Waals surface area contributed by atoms with E-state index in [-0.39, 0.29) is 25.7 Å². The zero-order chi connectivity index (χ0) is 61.8. The van der Waals surface area contributed by atoms with Crippen molar-refractivity contribution in [3.63, 3.8) is 0 Å². The van der Waals surface area contributed by atoms with Gasteiger partial charge in [0.25, 0.3) is 0 Å². The minimum absolute atomic E-state index is 0.101. The van der Waals surface area contributed by atoms with Crippen LogP contribution in [0.1, 0.15) is 306 Å². The molecule has 0 radical (unpaired) electrons. The van der Waals surface area contributed by atoms with Gasteiger partial charge in [-0.25, -0.2) is 9.13 Å². The molecule has 0 rings (SSSR count). The predicted molar refractivity (Wildman–Crippen MR) is 331 cm³/mol. The molecule has 0 amide bonds. The van der Waals surface area contributed by atoms with Crippen molar-refractivity contribution in [2.24, 2.45) is 23.7 Å². The lowest BCUT2D eigenvalue weighted by atomic mass is 10.00. The molecule has 3 unspecified atom stereocenters. The maximum Gasteiger partial charge on any atom is 0.472 e. The van der Waals surface area contributed by atoms with E-state index in [1.165, 1.54) is 96.3 Å². The van der Waals surface area contributed by atoms with Gasteiger partial charge in [-0.1, -0.05) is 254 Å². The molecule has 0 fully saturated rings. The van der Waals surface area contributed by atoms with Gasteiger partial charge in [-0.15, -0.1) is 0 Å². The van der Waals surface area contributed by atoms with E-state index in [2.05, 4.69) is 55.4 Å². The first-order valence-electron chi connectivity index (χ1n) is 33.2. The van der Waals surface area contributed by atoms with Crippen molar-refractivity contribution < 1.29 is 80.2 Å². The predicted octanol–water partition coefficient (Wildman–Crippen LogP) is 17.4. The minimum Gasteiger partial charge on any atom is -0.462 e. The lowest BCUT2D eigenvalue weighted by molar-refractivity contribution is -0.161. The number of esters is 4. The molecule has 0 heterocycles. The van der Waals surface area contributed by atoms with Crippen LogP contribution in [0.5, 0.6) is 0 Å². The van der Waals surface area contributed by atoms with Gasteiger partial charge < -0.3 is 33.8 Å². The molecule has 0 aromatic rings. The third-order valence-electron chi connectivity index (χ3n) is 14.9. The van der Waals surface area contributed by atoms with Crippen molar-refractivity contribution in [2.45, 2.75) is 324 Å². The van der Waals surface area contributed by atoms with Crippen molar-refractivity contribution in [3.8, 4) is 0 Å². The lowest BCUT2D eigenvalue weighted by Crippen LogP contribution is -2.30. The number of aliphatic hydroxyl groups excluding tert-OH is 1. The molecule has 0 aromatic heterocycles. The molecular weight excluding hydrogens is 1100 g/mol. The number of phosphoric ester groups is 2. The molecule has 0 aliphatic heterocycles. The number of hydrogen-bond acceptors (Lipinski definition) is 15. The molecule has 6 atom stereocenters. The Morgan fingerprint density at radius 3 is 0.855 bits per heavy atom. The second kappa shape index (κ2) is 54.2. The fourth-order valence-electron chi connectivity index (χ4n) is 9.40. The molecule has 492 valence electrons. The summed E-state index contributed by atoms with van der Waals surface area (Å²) in [6, 6.07) is 0.